The van der Waals surface area contributed by atoms with E-state index < -0.39 is 0 Å². The smallest absolute Gasteiger partial charge is 0.256 e. The van der Waals surface area contributed by atoms with Crippen molar-refractivity contribution >= 4 is 34.4 Å². The molecule has 0 saturated heterocycles. The zero-order valence-corrected chi connectivity index (χ0v) is 18.8. The molecule has 0 spiro atoms. The molecule has 0 bridgehead atoms. The topological polar surface area (TPSA) is 111 Å². The van der Waals surface area contributed by atoms with Crippen molar-refractivity contribution in [2.24, 2.45) is 0 Å². The minimum absolute atomic E-state index is 0.190. The lowest BCUT2D eigenvalue weighted by atomic mass is 10.0. The van der Waals surface area contributed by atoms with Crippen LogP contribution in [0.2, 0.25) is 5.02 Å². The number of nitrogens with two attached hydrogens (primary N) is 1. The number of anilines is 1. The average molecular weight is 460 g/mol. The largest absolute Gasteiger partial charge is 0.383 e. The second kappa shape index (κ2) is 8.71. The maximum Gasteiger partial charge on any atom is 0.256 e. The van der Waals surface area contributed by atoms with Crippen molar-refractivity contribution < 1.29 is 4.79 Å². The number of amides is 1. The van der Waals surface area contributed by atoms with Crippen molar-refractivity contribution in [2.45, 2.75) is 38.8 Å². The van der Waals surface area contributed by atoms with E-state index in [1.54, 1.807) is 47.9 Å². The van der Waals surface area contributed by atoms with Gasteiger partial charge in [0.2, 0.25) is 0 Å². The van der Waals surface area contributed by atoms with Gasteiger partial charge in [0, 0.05) is 30.2 Å². The molecule has 0 fully saturated rings. The highest BCUT2D eigenvalue weighted by Gasteiger charge is 2.27. The highest BCUT2D eigenvalue weighted by Crippen LogP contribution is 2.32. The van der Waals surface area contributed by atoms with Crippen LogP contribution >= 0.6 is 11.6 Å². The minimum atomic E-state index is -0.387. The van der Waals surface area contributed by atoms with Crippen LogP contribution in [0.1, 0.15) is 52.4 Å². The van der Waals surface area contributed by atoms with E-state index in [1.165, 1.54) is 0 Å². The van der Waals surface area contributed by atoms with Gasteiger partial charge in [-0.25, -0.2) is 19.9 Å². The van der Waals surface area contributed by atoms with E-state index in [0.29, 0.717) is 33.6 Å². The molecule has 1 unspecified atom stereocenters. The molecule has 2 N–H and O–H groups in total. The van der Waals surface area contributed by atoms with Crippen LogP contribution in [0.5, 0.6) is 0 Å². The number of pyridine rings is 3. The fourth-order valence-corrected chi connectivity index (χ4v) is 4.39. The number of hydrogen-bond acceptors (Lipinski definition) is 7. The molecule has 0 radical (unpaired) electrons. The summed E-state index contributed by atoms with van der Waals surface area (Å²) >= 11 is 5.99. The molecule has 0 aliphatic heterocycles. The van der Waals surface area contributed by atoms with E-state index in [-0.39, 0.29) is 18.5 Å². The van der Waals surface area contributed by atoms with E-state index in [2.05, 4.69) is 24.9 Å². The van der Waals surface area contributed by atoms with Crippen molar-refractivity contribution in [1.82, 2.24) is 29.8 Å². The first-order valence-electron chi connectivity index (χ1n) is 10.8. The summed E-state index contributed by atoms with van der Waals surface area (Å²) in [5.41, 5.74) is 10.1. The molecule has 0 aromatic carbocycles. The number of carbonyl (C=O) groups excluding carboxylic acids is 1. The molecule has 4 aromatic rings. The van der Waals surface area contributed by atoms with Crippen LogP contribution in [0.4, 0.5) is 5.82 Å². The van der Waals surface area contributed by atoms with Gasteiger partial charge >= 0.3 is 0 Å². The first kappa shape index (κ1) is 21.2. The molecular weight excluding hydrogens is 438 g/mol. The maximum atomic E-state index is 13.8. The van der Waals surface area contributed by atoms with Crippen molar-refractivity contribution in [1.29, 1.82) is 0 Å². The van der Waals surface area contributed by atoms with Gasteiger partial charge in [0.05, 0.1) is 28.9 Å². The molecule has 33 heavy (non-hydrogen) atoms. The molecule has 1 aliphatic rings. The van der Waals surface area contributed by atoms with Crippen LogP contribution in [0.25, 0.3) is 11.0 Å². The second-order valence-electron chi connectivity index (χ2n) is 8.09. The molecule has 5 rings (SSSR count). The Kier molecular flexibility index (Phi) is 5.60. The molecule has 8 nitrogen and oxygen atoms in total. The van der Waals surface area contributed by atoms with Crippen molar-refractivity contribution in [3.63, 3.8) is 0 Å². The highest BCUT2D eigenvalue weighted by molar-refractivity contribution is 6.30. The number of hydrogen-bond donors (Lipinski definition) is 1. The zero-order chi connectivity index (χ0) is 22.9. The Morgan fingerprint density at radius 2 is 1.91 bits per heavy atom. The van der Waals surface area contributed by atoms with Crippen LogP contribution < -0.4 is 5.73 Å². The monoisotopic (exact) mass is 459 g/mol. The first-order valence-corrected chi connectivity index (χ1v) is 11.1. The van der Waals surface area contributed by atoms with Crippen LogP contribution in [0, 0.1) is 0 Å². The third-order valence-electron chi connectivity index (χ3n) is 6.00. The SMILES string of the molecule is CC(c1ncccn1)N(Cc1ccc(Cl)cn1)C(=O)c1cnc2nc(N)c3c(c2c1)CCC3. The Hall–Kier alpha value is -3.65. The quantitative estimate of drug-likeness (QED) is 0.481. The number of halogens is 1. The number of fused-ring (bicyclic) bond motifs is 3. The zero-order valence-electron chi connectivity index (χ0n) is 18.1. The van der Waals surface area contributed by atoms with Gasteiger partial charge in [0.25, 0.3) is 5.91 Å². The summed E-state index contributed by atoms with van der Waals surface area (Å²) in [5, 5.41) is 1.42. The second-order valence-corrected chi connectivity index (χ2v) is 8.52. The van der Waals surface area contributed by atoms with Gasteiger partial charge in [-0.3, -0.25) is 9.78 Å². The number of nitrogens with zero attached hydrogens (tertiary/aromatic N) is 6. The summed E-state index contributed by atoms with van der Waals surface area (Å²) in [4.78, 5) is 37.5. The normalized spacial score (nSPS) is 13.6. The Bertz CT molecular complexity index is 1330. The average Bonchev–Trinajstić information content (AvgIpc) is 3.34. The summed E-state index contributed by atoms with van der Waals surface area (Å²) in [7, 11) is 0. The number of aryl methyl sites for hydroxylation is 1. The van der Waals surface area contributed by atoms with E-state index >= 15 is 0 Å². The Balaban J connectivity index is 1.55. The number of aromatic nitrogens is 5. The number of rotatable bonds is 5. The lowest BCUT2D eigenvalue weighted by Gasteiger charge is -2.28. The van der Waals surface area contributed by atoms with Crippen LogP contribution in [0.15, 0.2) is 49.1 Å². The Morgan fingerprint density at radius 3 is 2.67 bits per heavy atom. The lowest BCUT2D eigenvalue weighted by Crippen LogP contribution is -2.34. The molecule has 1 amide bonds. The van der Waals surface area contributed by atoms with Crippen LogP contribution in [0.3, 0.4) is 0 Å². The van der Waals surface area contributed by atoms with Crippen molar-refractivity contribution in [3.8, 4) is 0 Å². The predicted molar refractivity (Wildman–Crippen MR) is 126 cm³/mol. The summed E-state index contributed by atoms with van der Waals surface area (Å²) < 4.78 is 0. The van der Waals surface area contributed by atoms with Crippen LogP contribution in [-0.4, -0.2) is 35.7 Å². The van der Waals surface area contributed by atoms with Gasteiger partial charge in [0.15, 0.2) is 5.65 Å². The van der Waals surface area contributed by atoms with Gasteiger partial charge < -0.3 is 10.6 Å². The molecule has 4 heterocycles. The third-order valence-corrected chi connectivity index (χ3v) is 6.22. The third kappa shape index (κ3) is 4.09. The van der Waals surface area contributed by atoms with Crippen LogP contribution in [-0.2, 0) is 19.4 Å². The Labute approximate surface area is 195 Å². The summed E-state index contributed by atoms with van der Waals surface area (Å²) in [6.45, 7) is 2.17. The van der Waals surface area contributed by atoms with E-state index in [9.17, 15) is 4.79 Å². The number of nitrogen functional groups attached to an aromatic ring is 1. The Morgan fingerprint density at radius 1 is 1.12 bits per heavy atom. The van der Waals surface area contributed by atoms with Crippen molar-refractivity contribution in [3.05, 3.63) is 82.3 Å². The molecular formula is C24H22ClN7O. The summed E-state index contributed by atoms with van der Waals surface area (Å²) in [6, 6.07) is 6.80. The van der Waals surface area contributed by atoms with Gasteiger partial charge in [0.1, 0.15) is 11.6 Å². The maximum absolute atomic E-state index is 13.8. The van der Waals surface area contributed by atoms with Crippen molar-refractivity contribution in [2.75, 3.05) is 5.73 Å². The standard InChI is InChI=1S/C24H22ClN7O/c1-14(22-27-8-3-9-28-22)32(13-17-7-6-16(25)12-29-17)24(33)15-10-20-18-4-2-5-19(18)21(26)31-23(20)30-11-15/h3,6-12,14H,2,4-5,13H2,1H3,(H2,26,30,31). The summed E-state index contributed by atoms with van der Waals surface area (Å²) in [5.74, 6) is 0.889. The summed E-state index contributed by atoms with van der Waals surface area (Å²) in [6.07, 6.45) is 9.29. The molecule has 9 heteroatoms. The molecule has 4 aromatic heterocycles. The highest BCUT2D eigenvalue weighted by atomic mass is 35.5. The molecule has 166 valence electrons. The van der Waals surface area contributed by atoms with Gasteiger partial charge in [-0.05, 0) is 61.6 Å². The van der Waals surface area contributed by atoms with E-state index in [4.69, 9.17) is 17.3 Å². The fourth-order valence-electron chi connectivity index (χ4n) is 4.28. The number of carbonyl (C=O) groups is 1. The van der Waals surface area contributed by atoms with Gasteiger partial charge in [-0.2, -0.15) is 0 Å². The van der Waals surface area contributed by atoms with Gasteiger partial charge in [-0.15, -0.1) is 0 Å². The van der Waals surface area contributed by atoms with E-state index in [0.717, 1.165) is 35.8 Å². The first-order chi connectivity index (χ1) is 16.0. The molecule has 1 atom stereocenters. The molecule has 0 saturated carbocycles. The molecule has 1 aliphatic carbocycles. The lowest BCUT2D eigenvalue weighted by molar-refractivity contribution is 0.0663. The van der Waals surface area contributed by atoms with Gasteiger partial charge in [-0.1, -0.05) is 11.6 Å². The van der Waals surface area contributed by atoms with E-state index in [1.807, 2.05) is 13.0 Å². The minimum Gasteiger partial charge on any atom is -0.383 e. The predicted octanol–water partition coefficient (Wildman–Crippen LogP) is 3.94. The fraction of sp³-hybridized carbons (Fsp3) is 0.250.